The molecule has 4 rings (SSSR count). The maximum absolute atomic E-state index is 12.4. The van der Waals surface area contributed by atoms with E-state index in [1.54, 1.807) is 18.2 Å². The van der Waals surface area contributed by atoms with Gasteiger partial charge in [0, 0.05) is 38.5 Å². The van der Waals surface area contributed by atoms with Crippen LogP contribution in [0.2, 0.25) is 0 Å². The first-order chi connectivity index (χ1) is 12.9. The summed E-state index contributed by atoms with van der Waals surface area (Å²) in [5.74, 6) is 0. The maximum atomic E-state index is 12.4. The Hall–Kier alpha value is -1.87. The number of hydrogen-bond acceptors (Lipinski definition) is 6. The zero-order valence-corrected chi connectivity index (χ0v) is 17.0. The maximum Gasteiger partial charge on any atom is 0.317 e. The molecule has 1 saturated heterocycles. The molecular weight excluding hydrogens is 384 g/mol. The van der Waals surface area contributed by atoms with E-state index < -0.39 is 9.84 Å². The van der Waals surface area contributed by atoms with E-state index in [1.165, 1.54) is 30.4 Å². The number of nitrogens with one attached hydrogen (secondary N) is 1. The second kappa shape index (κ2) is 7.27. The number of nitrogens with zero attached hydrogens (tertiary/aromatic N) is 3. The minimum Gasteiger partial charge on any atom is -0.345 e. The van der Waals surface area contributed by atoms with Crippen LogP contribution in [-0.4, -0.2) is 62.8 Å². The van der Waals surface area contributed by atoms with Crippen LogP contribution in [0.4, 0.5) is 9.93 Å². The number of fused-ring (bicyclic) bond motifs is 1. The molecule has 1 aromatic carbocycles. The van der Waals surface area contributed by atoms with Gasteiger partial charge in [-0.15, -0.1) is 0 Å². The highest BCUT2D eigenvalue weighted by Gasteiger charge is 2.25. The molecule has 2 aliphatic rings. The van der Waals surface area contributed by atoms with Gasteiger partial charge in [0.05, 0.1) is 15.1 Å². The number of piperazine rings is 1. The summed E-state index contributed by atoms with van der Waals surface area (Å²) in [7, 11) is -3.22. The fraction of sp³-hybridized carbons (Fsp3) is 0.556. The van der Waals surface area contributed by atoms with Crippen LogP contribution in [0.5, 0.6) is 0 Å². The molecule has 1 saturated carbocycles. The molecule has 0 atom stereocenters. The third kappa shape index (κ3) is 4.03. The van der Waals surface area contributed by atoms with Gasteiger partial charge in [-0.1, -0.05) is 24.2 Å². The highest BCUT2D eigenvalue weighted by Crippen LogP contribution is 2.31. The van der Waals surface area contributed by atoms with Gasteiger partial charge < -0.3 is 15.1 Å². The van der Waals surface area contributed by atoms with Crippen LogP contribution in [-0.2, 0) is 9.84 Å². The lowest BCUT2D eigenvalue weighted by Gasteiger charge is -2.35. The second-order valence-corrected chi connectivity index (χ2v) is 10.3. The molecule has 146 valence electrons. The molecule has 0 spiro atoms. The van der Waals surface area contributed by atoms with Crippen molar-refractivity contribution in [3.05, 3.63) is 18.2 Å². The average molecular weight is 409 g/mol. The summed E-state index contributed by atoms with van der Waals surface area (Å²) in [4.78, 5) is 21.4. The van der Waals surface area contributed by atoms with Gasteiger partial charge in [0.15, 0.2) is 15.0 Å². The van der Waals surface area contributed by atoms with Crippen molar-refractivity contribution in [1.82, 2.24) is 15.2 Å². The molecule has 1 aliphatic carbocycles. The standard InChI is InChI=1S/C18H24N4O3S2/c1-27(24,25)14-6-7-15-16(12-14)26-18(20-15)22-10-8-21(9-11-22)17(23)19-13-4-2-3-5-13/h6-7,12-13H,2-5,8-11H2,1H3,(H,19,23). The number of sulfone groups is 1. The molecule has 1 aromatic heterocycles. The van der Waals surface area contributed by atoms with Crippen LogP contribution in [0.3, 0.4) is 0 Å². The average Bonchev–Trinajstić information content (AvgIpc) is 3.29. The largest absolute Gasteiger partial charge is 0.345 e. The first-order valence-electron chi connectivity index (χ1n) is 9.31. The van der Waals surface area contributed by atoms with Crippen LogP contribution in [0, 0.1) is 0 Å². The highest BCUT2D eigenvalue weighted by atomic mass is 32.2. The van der Waals surface area contributed by atoms with Crippen molar-refractivity contribution in [1.29, 1.82) is 0 Å². The van der Waals surface area contributed by atoms with Crippen molar-refractivity contribution in [2.75, 3.05) is 37.3 Å². The normalized spacial score (nSPS) is 19.0. The molecule has 9 heteroatoms. The molecule has 2 fully saturated rings. The van der Waals surface area contributed by atoms with Gasteiger partial charge in [-0.2, -0.15) is 0 Å². The molecule has 1 aliphatic heterocycles. The minimum absolute atomic E-state index is 0.0450. The van der Waals surface area contributed by atoms with Gasteiger partial charge in [0.2, 0.25) is 0 Å². The van der Waals surface area contributed by atoms with Crippen molar-refractivity contribution in [2.24, 2.45) is 0 Å². The van der Waals surface area contributed by atoms with Crippen LogP contribution < -0.4 is 10.2 Å². The smallest absolute Gasteiger partial charge is 0.317 e. The van der Waals surface area contributed by atoms with Crippen LogP contribution >= 0.6 is 11.3 Å². The Morgan fingerprint density at radius 3 is 2.56 bits per heavy atom. The number of carbonyl (C=O) groups is 1. The number of urea groups is 1. The SMILES string of the molecule is CS(=O)(=O)c1ccc2nc(N3CCN(C(=O)NC4CCCC4)CC3)sc2c1. The number of anilines is 1. The zero-order valence-electron chi connectivity index (χ0n) is 15.3. The van der Waals surface area contributed by atoms with Crippen molar-refractivity contribution in [3.8, 4) is 0 Å². The summed E-state index contributed by atoms with van der Waals surface area (Å²) in [5, 5.41) is 4.02. The van der Waals surface area contributed by atoms with E-state index in [2.05, 4.69) is 15.2 Å². The molecule has 27 heavy (non-hydrogen) atoms. The van der Waals surface area contributed by atoms with Crippen molar-refractivity contribution >= 4 is 42.6 Å². The van der Waals surface area contributed by atoms with E-state index in [4.69, 9.17) is 0 Å². The summed E-state index contributed by atoms with van der Waals surface area (Å²) >= 11 is 1.50. The van der Waals surface area contributed by atoms with Crippen molar-refractivity contribution in [3.63, 3.8) is 0 Å². The lowest BCUT2D eigenvalue weighted by molar-refractivity contribution is 0.190. The number of rotatable bonds is 3. The minimum atomic E-state index is -3.22. The van der Waals surface area contributed by atoms with Gasteiger partial charge in [0.1, 0.15) is 0 Å². The van der Waals surface area contributed by atoms with Crippen molar-refractivity contribution < 1.29 is 13.2 Å². The monoisotopic (exact) mass is 408 g/mol. The summed E-state index contributed by atoms with van der Waals surface area (Å²) in [6, 6.07) is 5.44. The second-order valence-electron chi connectivity index (χ2n) is 7.30. The molecule has 0 bridgehead atoms. The first-order valence-corrected chi connectivity index (χ1v) is 12.0. The molecule has 0 unspecified atom stereocenters. The van der Waals surface area contributed by atoms with E-state index in [0.29, 0.717) is 24.0 Å². The van der Waals surface area contributed by atoms with Gasteiger partial charge in [-0.3, -0.25) is 0 Å². The lowest BCUT2D eigenvalue weighted by atomic mass is 10.2. The topological polar surface area (TPSA) is 82.6 Å². The van der Waals surface area contributed by atoms with Crippen molar-refractivity contribution in [2.45, 2.75) is 36.6 Å². The Bertz CT molecular complexity index is 943. The Morgan fingerprint density at radius 1 is 1.19 bits per heavy atom. The molecule has 7 nitrogen and oxygen atoms in total. The molecule has 1 N–H and O–H groups in total. The fourth-order valence-corrected chi connectivity index (χ4v) is 5.47. The Balaban J connectivity index is 1.41. The number of amides is 2. The van der Waals surface area contributed by atoms with Crippen LogP contribution in [0.1, 0.15) is 25.7 Å². The van der Waals surface area contributed by atoms with E-state index in [-0.39, 0.29) is 6.03 Å². The zero-order chi connectivity index (χ0) is 19.0. The quantitative estimate of drug-likeness (QED) is 0.844. The third-order valence-corrected chi connectivity index (χ3v) is 7.49. The number of benzene rings is 1. The lowest BCUT2D eigenvalue weighted by Crippen LogP contribution is -2.53. The Morgan fingerprint density at radius 2 is 1.89 bits per heavy atom. The Kier molecular flexibility index (Phi) is 4.98. The summed E-state index contributed by atoms with van der Waals surface area (Å²) in [6.45, 7) is 2.81. The van der Waals surface area contributed by atoms with E-state index >= 15 is 0 Å². The van der Waals surface area contributed by atoms with Crippen LogP contribution in [0.25, 0.3) is 10.2 Å². The van der Waals surface area contributed by atoms with E-state index in [9.17, 15) is 13.2 Å². The third-order valence-electron chi connectivity index (χ3n) is 5.30. The number of aromatic nitrogens is 1. The predicted octanol–water partition coefficient (Wildman–Crippen LogP) is 2.47. The van der Waals surface area contributed by atoms with Gasteiger partial charge >= 0.3 is 6.03 Å². The van der Waals surface area contributed by atoms with E-state index in [0.717, 1.165) is 41.3 Å². The highest BCUT2D eigenvalue weighted by molar-refractivity contribution is 7.90. The number of thiazole rings is 1. The molecule has 2 aromatic rings. The van der Waals surface area contributed by atoms with Gasteiger partial charge in [0.25, 0.3) is 0 Å². The predicted molar refractivity (Wildman–Crippen MR) is 107 cm³/mol. The molecule has 0 radical (unpaired) electrons. The summed E-state index contributed by atoms with van der Waals surface area (Å²) in [5.41, 5.74) is 0.809. The van der Waals surface area contributed by atoms with E-state index in [1.807, 2.05) is 4.90 Å². The number of carbonyl (C=O) groups excluding carboxylic acids is 1. The molecule has 2 heterocycles. The fourth-order valence-electron chi connectivity index (χ4n) is 3.70. The van der Waals surface area contributed by atoms with Crippen LogP contribution in [0.15, 0.2) is 23.1 Å². The molecule has 2 amide bonds. The van der Waals surface area contributed by atoms with Gasteiger partial charge in [-0.25, -0.2) is 18.2 Å². The summed E-state index contributed by atoms with van der Waals surface area (Å²) < 4.78 is 24.3. The molecular formula is C18H24N4O3S2. The van der Waals surface area contributed by atoms with Gasteiger partial charge in [-0.05, 0) is 31.0 Å². The number of hydrogen-bond donors (Lipinski definition) is 1. The Labute approximate surface area is 163 Å². The first kappa shape index (κ1) is 18.5. The summed E-state index contributed by atoms with van der Waals surface area (Å²) in [6.07, 6.45) is 5.81.